The van der Waals surface area contributed by atoms with Crippen molar-refractivity contribution in [2.75, 3.05) is 26.2 Å². The second-order valence-corrected chi connectivity index (χ2v) is 8.18. The van der Waals surface area contributed by atoms with Crippen LogP contribution in [0.15, 0.2) is 47.9 Å². The lowest BCUT2D eigenvalue weighted by Gasteiger charge is -2.40. The molecule has 0 bridgehead atoms. The van der Waals surface area contributed by atoms with Crippen molar-refractivity contribution in [1.29, 1.82) is 0 Å². The summed E-state index contributed by atoms with van der Waals surface area (Å²) in [5, 5.41) is 0. The molecule has 2 aromatic rings. The zero-order chi connectivity index (χ0) is 19.8. The van der Waals surface area contributed by atoms with Gasteiger partial charge in [-0.25, -0.2) is 14.0 Å². The molecule has 0 saturated carbocycles. The maximum atomic E-state index is 13.7. The Kier molecular flexibility index (Phi) is 4.83. The number of pyridine rings is 1. The molecule has 0 aromatic carbocycles. The number of carbonyl (C=O) groups is 1. The van der Waals surface area contributed by atoms with Gasteiger partial charge in [-0.2, -0.15) is 0 Å². The number of guanidine groups is 1. The van der Waals surface area contributed by atoms with Gasteiger partial charge in [0.2, 0.25) is 5.96 Å². The van der Waals surface area contributed by atoms with Crippen molar-refractivity contribution in [1.82, 2.24) is 19.1 Å². The van der Waals surface area contributed by atoms with E-state index in [1.165, 1.54) is 12.8 Å². The van der Waals surface area contributed by atoms with Gasteiger partial charge in [-0.1, -0.05) is 6.07 Å². The standard InChI is InChI=1S/C22H29N6O/c1-18-26(16-19-8-2-3-15-27(18)19)17-21(29)28-20(24-11-4-5-12-24)9-10-23-22(28)25-13-6-7-14-25/h2-3,8-10,15-16,20H,4-7,11-14,17H2,1H3/q+1. The van der Waals surface area contributed by atoms with E-state index in [0.29, 0.717) is 6.54 Å². The SMILES string of the molecule is Cc1n2ccccc2c[n+]1CC(=O)N1C(N2CCCC2)=NC=CC1N1CCCC1. The molecule has 5 rings (SSSR count). The highest BCUT2D eigenvalue weighted by Crippen LogP contribution is 2.23. The van der Waals surface area contributed by atoms with Crippen LogP contribution in [0.1, 0.15) is 31.5 Å². The third-order valence-corrected chi connectivity index (χ3v) is 6.35. The van der Waals surface area contributed by atoms with Gasteiger partial charge in [0.25, 0.3) is 11.7 Å². The summed E-state index contributed by atoms with van der Waals surface area (Å²) in [4.78, 5) is 25.0. The lowest BCUT2D eigenvalue weighted by molar-refractivity contribution is -0.689. The van der Waals surface area contributed by atoms with Crippen molar-refractivity contribution in [2.24, 2.45) is 4.99 Å². The highest BCUT2D eigenvalue weighted by Gasteiger charge is 2.37. The van der Waals surface area contributed by atoms with E-state index in [4.69, 9.17) is 0 Å². The van der Waals surface area contributed by atoms with E-state index >= 15 is 0 Å². The maximum absolute atomic E-state index is 13.7. The summed E-state index contributed by atoms with van der Waals surface area (Å²) >= 11 is 0. The van der Waals surface area contributed by atoms with Crippen LogP contribution < -0.4 is 4.57 Å². The number of fused-ring (bicyclic) bond motifs is 1. The maximum Gasteiger partial charge on any atom is 0.273 e. The number of rotatable bonds is 3. The number of carbonyl (C=O) groups excluding carboxylic acids is 1. The molecule has 1 unspecified atom stereocenters. The molecule has 3 aliphatic heterocycles. The zero-order valence-electron chi connectivity index (χ0n) is 17.1. The number of aryl methyl sites for hydroxylation is 1. The highest BCUT2D eigenvalue weighted by atomic mass is 16.2. The van der Waals surface area contributed by atoms with Crippen LogP contribution in [0.2, 0.25) is 0 Å². The fourth-order valence-electron chi connectivity index (χ4n) is 4.78. The predicted octanol–water partition coefficient (Wildman–Crippen LogP) is 1.76. The van der Waals surface area contributed by atoms with Gasteiger partial charge in [0.05, 0.1) is 6.20 Å². The summed E-state index contributed by atoms with van der Waals surface area (Å²) in [7, 11) is 0. The average Bonchev–Trinajstić information content (AvgIpc) is 3.50. The Bertz CT molecular complexity index is 965. The highest BCUT2D eigenvalue weighted by molar-refractivity contribution is 5.98. The van der Waals surface area contributed by atoms with E-state index < -0.39 is 0 Å². The molecule has 29 heavy (non-hydrogen) atoms. The lowest BCUT2D eigenvalue weighted by Crippen LogP contribution is -2.59. The van der Waals surface area contributed by atoms with E-state index in [-0.39, 0.29) is 12.1 Å². The topological polar surface area (TPSA) is 47.4 Å². The number of aromatic nitrogens is 2. The van der Waals surface area contributed by atoms with Gasteiger partial charge in [0, 0.05) is 39.3 Å². The Morgan fingerprint density at radius 1 is 1.14 bits per heavy atom. The largest absolute Gasteiger partial charge is 0.342 e. The quantitative estimate of drug-likeness (QED) is 0.747. The Labute approximate surface area is 171 Å². The van der Waals surface area contributed by atoms with Crippen molar-refractivity contribution in [3.63, 3.8) is 0 Å². The van der Waals surface area contributed by atoms with Gasteiger partial charge < -0.3 is 4.90 Å². The van der Waals surface area contributed by atoms with Crippen LogP contribution >= 0.6 is 0 Å². The zero-order valence-corrected chi connectivity index (χ0v) is 17.1. The molecule has 1 atom stereocenters. The molecule has 2 saturated heterocycles. The van der Waals surface area contributed by atoms with Crippen LogP contribution in [-0.2, 0) is 11.3 Å². The molecule has 2 aromatic heterocycles. The minimum atomic E-state index is -0.0314. The smallest absolute Gasteiger partial charge is 0.273 e. The average molecular weight is 394 g/mol. The molecule has 0 spiro atoms. The normalized spacial score (nSPS) is 22.7. The molecular formula is C22H29N6O+. The van der Waals surface area contributed by atoms with Crippen LogP contribution in [0.25, 0.3) is 5.52 Å². The number of aliphatic imine (C=N–C) groups is 1. The molecular weight excluding hydrogens is 364 g/mol. The summed E-state index contributed by atoms with van der Waals surface area (Å²) in [6.07, 6.45) is 12.8. The second-order valence-electron chi connectivity index (χ2n) is 8.18. The lowest BCUT2D eigenvalue weighted by atomic mass is 10.3. The molecule has 0 N–H and O–H groups in total. The number of imidazole rings is 1. The Morgan fingerprint density at radius 2 is 1.90 bits per heavy atom. The monoisotopic (exact) mass is 393 g/mol. The molecule has 0 aliphatic carbocycles. The van der Waals surface area contributed by atoms with E-state index in [1.807, 2.05) is 29.4 Å². The van der Waals surface area contributed by atoms with Crippen molar-refractivity contribution >= 4 is 17.4 Å². The van der Waals surface area contributed by atoms with Crippen molar-refractivity contribution < 1.29 is 9.36 Å². The van der Waals surface area contributed by atoms with Crippen LogP contribution in [0.5, 0.6) is 0 Å². The first-order chi connectivity index (χ1) is 14.2. The summed E-state index contributed by atoms with van der Waals surface area (Å²) in [5.41, 5.74) is 1.10. The molecule has 7 heteroatoms. The van der Waals surface area contributed by atoms with Crippen LogP contribution in [0.4, 0.5) is 0 Å². The van der Waals surface area contributed by atoms with Gasteiger partial charge in [-0.3, -0.25) is 14.6 Å². The van der Waals surface area contributed by atoms with Crippen molar-refractivity contribution in [3.8, 4) is 0 Å². The Balaban J connectivity index is 1.46. The van der Waals surface area contributed by atoms with Crippen LogP contribution in [-0.4, -0.2) is 63.3 Å². The summed E-state index contributed by atoms with van der Waals surface area (Å²) < 4.78 is 4.18. The molecule has 2 fully saturated rings. The third kappa shape index (κ3) is 3.33. The van der Waals surface area contributed by atoms with Gasteiger partial charge in [-0.05, 0) is 43.9 Å². The second kappa shape index (κ2) is 7.63. The summed E-state index contributed by atoms with van der Waals surface area (Å²) in [5.74, 6) is 1.98. The molecule has 5 heterocycles. The van der Waals surface area contributed by atoms with E-state index in [9.17, 15) is 4.79 Å². The Morgan fingerprint density at radius 3 is 2.66 bits per heavy atom. The molecule has 152 valence electrons. The number of nitrogens with zero attached hydrogens (tertiary/aromatic N) is 6. The van der Waals surface area contributed by atoms with Gasteiger partial charge in [0.15, 0.2) is 12.1 Å². The number of hydrogen-bond acceptors (Lipinski definition) is 4. The number of hydrogen-bond donors (Lipinski definition) is 0. The predicted molar refractivity (Wildman–Crippen MR) is 111 cm³/mol. The van der Waals surface area contributed by atoms with E-state index in [0.717, 1.165) is 56.3 Å². The first-order valence-electron chi connectivity index (χ1n) is 10.7. The first-order valence-corrected chi connectivity index (χ1v) is 10.7. The van der Waals surface area contributed by atoms with Crippen molar-refractivity contribution in [3.05, 3.63) is 48.7 Å². The summed E-state index contributed by atoms with van der Waals surface area (Å²) in [6.45, 7) is 6.40. The minimum Gasteiger partial charge on any atom is -0.342 e. The van der Waals surface area contributed by atoms with Gasteiger partial charge in [-0.15, -0.1) is 0 Å². The fourth-order valence-corrected chi connectivity index (χ4v) is 4.78. The van der Waals surface area contributed by atoms with Crippen molar-refractivity contribution in [2.45, 2.75) is 45.3 Å². The van der Waals surface area contributed by atoms with Crippen LogP contribution in [0, 0.1) is 6.92 Å². The van der Waals surface area contributed by atoms with E-state index in [2.05, 4.69) is 49.0 Å². The molecule has 0 radical (unpaired) electrons. The van der Waals surface area contributed by atoms with E-state index in [1.54, 1.807) is 0 Å². The van der Waals surface area contributed by atoms with Gasteiger partial charge >= 0.3 is 0 Å². The molecule has 7 nitrogen and oxygen atoms in total. The number of amides is 1. The summed E-state index contributed by atoms with van der Waals surface area (Å²) in [6, 6.07) is 6.11. The first kappa shape index (κ1) is 18.4. The fraction of sp³-hybridized carbons (Fsp3) is 0.500. The number of likely N-dealkylation sites (tertiary alicyclic amines) is 2. The molecule has 1 amide bonds. The van der Waals surface area contributed by atoms with Gasteiger partial charge in [0.1, 0.15) is 12.4 Å². The third-order valence-electron chi connectivity index (χ3n) is 6.35. The van der Waals surface area contributed by atoms with Crippen LogP contribution in [0.3, 0.4) is 0 Å². The Hall–Kier alpha value is -2.67. The minimum absolute atomic E-state index is 0.0314. The molecule has 3 aliphatic rings.